The summed E-state index contributed by atoms with van der Waals surface area (Å²) in [5, 5.41) is 0. The van der Waals surface area contributed by atoms with Crippen molar-refractivity contribution in [3.05, 3.63) is 24.3 Å². The molecule has 3 rings (SSSR count). The summed E-state index contributed by atoms with van der Waals surface area (Å²) in [5.74, 6) is 0. The number of nitrogens with two attached hydrogens (primary N) is 1. The fraction of sp³-hybridized carbons (Fsp3) is 0.647. The van der Waals surface area contributed by atoms with E-state index in [1.165, 1.54) is 50.6 Å². The lowest BCUT2D eigenvalue weighted by molar-refractivity contribution is -0.0602. The first kappa shape index (κ1) is 13.7. The molecule has 1 unspecified atom stereocenters. The molecular weight excluding hydrogens is 248 g/mol. The van der Waals surface area contributed by atoms with Crippen LogP contribution in [0, 0.1) is 0 Å². The van der Waals surface area contributed by atoms with Gasteiger partial charge in [0.25, 0.3) is 0 Å². The minimum Gasteiger partial charge on any atom is -0.399 e. The van der Waals surface area contributed by atoms with Gasteiger partial charge in [-0.25, -0.2) is 0 Å². The monoisotopic (exact) mass is 274 g/mol. The topological polar surface area (TPSA) is 38.5 Å². The number of benzene rings is 1. The van der Waals surface area contributed by atoms with Crippen LogP contribution in [0.4, 0.5) is 11.4 Å². The van der Waals surface area contributed by atoms with E-state index < -0.39 is 0 Å². The maximum atomic E-state index is 6.44. The molecule has 1 atom stereocenters. The summed E-state index contributed by atoms with van der Waals surface area (Å²) in [6, 6.07) is 8.09. The first-order chi connectivity index (χ1) is 9.67. The van der Waals surface area contributed by atoms with Crippen molar-refractivity contribution in [1.82, 2.24) is 0 Å². The van der Waals surface area contributed by atoms with Gasteiger partial charge in [-0.3, -0.25) is 0 Å². The molecule has 1 aromatic carbocycles. The van der Waals surface area contributed by atoms with Gasteiger partial charge < -0.3 is 15.4 Å². The van der Waals surface area contributed by atoms with E-state index in [1.54, 1.807) is 0 Å². The summed E-state index contributed by atoms with van der Waals surface area (Å²) in [7, 11) is 2.13. The maximum absolute atomic E-state index is 6.44. The second kappa shape index (κ2) is 5.65. The number of nitrogens with zero attached hydrogens (tertiary/aromatic N) is 1. The Morgan fingerprint density at radius 1 is 1.25 bits per heavy atom. The summed E-state index contributed by atoms with van der Waals surface area (Å²) in [6.45, 7) is 0.963. The number of hydrogen-bond acceptors (Lipinski definition) is 3. The number of likely N-dealkylation sites (N-methyl/N-ethyl adjacent to an activating group) is 1. The fourth-order valence-corrected chi connectivity index (χ4v) is 3.76. The van der Waals surface area contributed by atoms with Gasteiger partial charge in [-0.05, 0) is 43.9 Å². The van der Waals surface area contributed by atoms with Crippen molar-refractivity contribution in [2.75, 3.05) is 24.2 Å². The molecule has 0 radical (unpaired) electrons. The van der Waals surface area contributed by atoms with E-state index in [-0.39, 0.29) is 5.60 Å². The van der Waals surface area contributed by atoms with Crippen LogP contribution >= 0.6 is 0 Å². The van der Waals surface area contributed by atoms with Gasteiger partial charge in [0.05, 0.1) is 11.7 Å². The van der Waals surface area contributed by atoms with E-state index in [2.05, 4.69) is 18.0 Å². The molecule has 110 valence electrons. The van der Waals surface area contributed by atoms with Crippen molar-refractivity contribution in [2.24, 2.45) is 0 Å². The van der Waals surface area contributed by atoms with Crippen LogP contribution in [-0.4, -0.2) is 25.3 Å². The molecule has 1 spiro atoms. The van der Waals surface area contributed by atoms with Crippen molar-refractivity contribution in [3.8, 4) is 0 Å². The third kappa shape index (κ3) is 2.93. The average molecular weight is 274 g/mol. The van der Waals surface area contributed by atoms with Crippen LogP contribution in [0.3, 0.4) is 0 Å². The van der Waals surface area contributed by atoms with E-state index in [9.17, 15) is 0 Å². The highest BCUT2D eigenvalue weighted by Crippen LogP contribution is 2.42. The zero-order chi connectivity index (χ0) is 14.0. The molecule has 20 heavy (non-hydrogen) atoms. The quantitative estimate of drug-likeness (QED) is 0.856. The molecule has 1 aromatic rings. The van der Waals surface area contributed by atoms with Gasteiger partial charge in [-0.2, -0.15) is 0 Å². The lowest BCUT2D eigenvalue weighted by atomic mass is 9.83. The van der Waals surface area contributed by atoms with E-state index in [0.29, 0.717) is 6.10 Å². The third-order valence-electron chi connectivity index (χ3n) is 4.89. The Kier molecular flexibility index (Phi) is 3.88. The van der Waals surface area contributed by atoms with Gasteiger partial charge in [-0.15, -0.1) is 0 Å². The Labute approximate surface area is 122 Å². The van der Waals surface area contributed by atoms with Crippen molar-refractivity contribution in [1.29, 1.82) is 0 Å². The summed E-state index contributed by atoms with van der Waals surface area (Å²) in [4.78, 5) is 2.27. The van der Waals surface area contributed by atoms with Gasteiger partial charge in [0.1, 0.15) is 0 Å². The minimum absolute atomic E-state index is 0.222. The summed E-state index contributed by atoms with van der Waals surface area (Å²) >= 11 is 0. The predicted molar refractivity (Wildman–Crippen MR) is 84.0 cm³/mol. The second-order valence-corrected chi connectivity index (χ2v) is 6.50. The van der Waals surface area contributed by atoms with E-state index >= 15 is 0 Å². The molecule has 1 aliphatic carbocycles. The molecule has 0 amide bonds. The van der Waals surface area contributed by atoms with Crippen LogP contribution in [0.25, 0.3) is 0 Å². The number of nitrogen functional groups attached to an aromatic ring is 1. The zero-order valence-electron chi connectivity index (χ0n) is 12.5. The molecule has 1 saturated carbocycles. The Morgan fingerprint density at radius 3 is 2.80 bits per heavy atom. The largest absolute Gasteiger partial charge is 0.399 e. The fourth-order valence-electron chi connectivity index (χ4n) is 3.76. The van der Waals surface area contributed by atoms with Crippen LogP contribution in [0.5, 0.6) is 0 Å². The van der Waals surface area contributed by atoms with Crippen LogP contribution < -0.4 is 10.6 Å². The normalized spacial score (nSPS) is 24.9. The van der Waals surface area contributed by atoms with Crippen LogP contribution in [0.1, 0.15) is 44.9 Å². The van der Waals surface area contributed by atoms with Crippen molar-refractivity contribution in [3.63, 3.8) is 0 Å². The highest BCUT2D eigenvalue weighted by Gasteiger charge is 2.40. The molecule has 2 fully saturated rings. The van der Waals surface area contributed by atoms with Gasteiger partial charge in [0.2, 0.25) is 0 Å². The average Bonchev–Trinajstić information content (AvgIpc) is 2.82. The van der Waals surface area contributed by atoms with Crippen LogP contribution in [0.2, 0.25) is 0 Å². The van der Waals surface area contributed by atoms with Gasteiger partial charge in [0, 0.05) is 25.0 Å². The van der Waals surface area contributed by atoms with Gasteiger partial charge in [-0.1, -0.05) is 25.3 Å². The summed E-state index contributed by atoms with van der Waals surface area (Å²) < 4.78 is 6.44. The number of hydrogen-bond donors (Lipinski definition) is 1. The van der Waals surface area contributed by atoms with Crippen molar-refractivity contribution >= 4 is 11.4 Å². The first-order valence-corrected chi connectivity index (χ1v) is 7.91. The predicted octanol–water partition coefficient (Wildman–Crippen LogP) is 3.59. The Morgan fingerprint density at radius 2 is 2.05 bits per heavy atom. The molecule has 1 heterocycles. The lowest BCUT2D eigenvalue weighted by Gasteiger charge is -2.34. The van der Waals surface area contributed by atoms with Gasteiger partial charge >= 0.3 is 0 Å². The molecule has 1 saturated heterocycles. The molecule has 3 heteroatoms. The van der Waals surface area contributed by atoms with E-state index in [4.69, 9.17) is 10.5 Å². The molecule has 2 N–H and O–H groups in total. The number of rotatable bonds is 3. The standard InChI is InChI=1S/C17H26N2O/c1-19(15-7-5-6-14(18)12-15)13-16-8-11-17(20-16)9-3-2-4-10-17/h5-7,12,16H,2-4,8-11,13,18H2,1H3. The number of ether oxygens (including phenoxy) is 1. The molecule has 1 aliphatic heterocycles. The van der Waals surface area contributed by atoms with Gasteiger partial charge in [0.15, 0.2) is 0 Å². The first-order valence-electron chi connectivity index (χ1n) is 7.91. The van der Waals surface area contributed by atoms with E-state index in [1.807, 2.05) is 18.2 Å². The molecule has 2 aliphatic rings. The highest BCUT2D eigenvalue weighted by molar-refractivity contribution is 5.55. The second-order valence-electron chi connectivity index (χ2n) is 6.50. The van der Waals surface area contributed by atoms with Crippen LogP contribution in [0.15, 0.2) is 24.3 Å². The zero-order valence-corrected chi connectivity index (χ0v) is 12.5. The van der Waals surface area contributed by atoms with Crippen molar-refractivity contribution < 1.29 is 4.74 Å². The molecule has 3 nitrogen and oxygen atoms in total. The van der Waals surface area contributed by atoms with E-state index in [0.717, 1.165) is 12.2 Å². The minimum atomic E-state index is 0.222. The SMILES string of the molecule is CN(CC1CCC2(CCCCC2)O1)c1cccc(N)c1. The lowest BCUT2D eigenvalue weighted by Crippen LogP contribution is -2.35. The third-order valence-corrected chi connectivity index (χ3v) is 4.89. The van der Waals surface area contributed by atoms with Crippen LogP contribution in [-0.2, 0) is 4.74 Å². The molecule has 0 bridgehead atoms. The maximum Gasteiger partial charge on any atom is 0.0758 e. The smallest absolute Gasteiger partial charge is 0.0758 e. The number of anilines is 2. The molecular formula is C17H26N2O. The molecule has 0 aromatic heterocycles. The Bertz CT molecular complexity index is 454. The van der Waals surface area contributed by atoms with Crippen molar-refractivity contribution in [2.45, 2.75) is 56.7 Å². The summed E-state index contributed by atoms with van der Waals surface area (Å²) in [5.41, 5.74) is 8.08. The summed E-state index contributed by atoms with van der Waals surface area (Å²) in [6.07, 6.45) is 9.44. The Balaban J connectivity index is 1.59. The highest BCUT2D eigenvalue weighted by atomic mass is 16.5. The Hall–Kier alpha value is -1.22.